The smallest absolute Gasteiger partial charge is 0.241 e. The molecule has 182 valence electrons. The number of sulfonamides is 1. The number of allylic oxidation sites excluding steroid dienone is 2. The normalized spacial score (nSPS) is 35.5. The third-order valence-corrected chi connectivity index (χ3v) is 10.3. The zero-order valence-electron chi connectivity index (χ0n) is 18.4. The molecule has 6 unspecified atom stereocenters. The number of piperazine rings is 1. The van der Waals surface area contributed by atoms with Crippen molar-refractivity contribution in [2.45, 2.75) is 24.5 Å². The van der Waals surface area contributed by atoms with Crippen LogP contribution in [0.2, 0.25) is 0 Å². The van der Waals surface area contributed by atoms with E-state index in [-0.39, 0.29) is 48.5 Å². The summed E-state index contributed by atoms with van der Waals surface area (Å²) >= 11 is 0. The van der Waals surface area contributed by atoms with Crippen LogP contribution in [0.4, 0.5) is 5.95 Å². The van der Waals surface area contributed by atoms with E-state index in [0.717, 1.165) is 57.9 Å². The van der Waals surface area contributed by atoms with Gasteiger partial charge in [-0.1, -0.05) is 12.2 Å². The van der Waals surface area contributed by atoms with E-state index >= 15 is 0 Å². The largest absolute Gasteiger partial charge is 0.338 e. The molecule has 7 rings (SSSR count). The predicted molar refractivity (Wildman–Crippen MR) is 130 cm³/mol. The molecule has 11 heteroatoms. The molecule has 1 aromatic rings. The molecule has 1 amide bonds. The number of unbranched alkanes of at least 4 members (excludes halogenated alkanes) is 1. The summed E-state index contributed by atoms with van der Waals surface area (Å²) in [5, 5.41) is -0.493. The van der Waals surface area contributed by atoms with Crippen LogP contribution in [-0.4, -0.2) is 78.0 Å². The van der Waals surface area contributed by atoms with Gasteiger partial charge in [-0.15, -0.1) is 24.8 Å². The third-order valence-electron chi connectivity index (χ3n) is 8.06. The van der Waals surface area contributed by atoms with Gasteiger partial charge in [-0.05, 0) is 55.5 Å². The molecule has 6 atom stereocenters. The molecule has 4 aliphatic carbocycles. The van der Waals surface area contributed by atoms with Crippen LogP contribution in [0.5, 0.6) is 0 Å². The Hall–Kier alpha value is -1.42. The number of halogens is 2. The summed E-state index contributed by atoms with van der Waals surface area (Å²) in [7, 11) is -3.52. The monoisotopic (exact) mass is 515 g/mol. The highest BCUT2D eigenvalue weighted by Gasteiger charge is 2.69. The summed E-state index contributed by atoms with van der Waals surface area (Å²) in [6.45, 7) is 4.94. The highest BCUT2D eigenvalue weighted by Crippen LogP contribution is 2.64. The number of hydrogen-bond donors (Lipinski definition) is 0. The van der Waals surface area contributed by atoms with Gasteiger partial charge in [0, 0.05) is 45.1 Å². The van der Waals surface area contributed by atoms with Gasteiger partial charge in [-0.3, -0.25) is 9.69 Å². The summed E-state index contributed by atoms with van der Waals surface area (Å²) in [4.78, 5) is 26.3. The second-order valence-electron chi connectivity index (χ2n) is 9.63. The summed E-state index contributed by atoms with van der Waals surface area (Å²) in [5.41, 5.74) is 0. The first kappa shape index (κ1) is 24.7. The van der Waals surface area contributed by atoms with E-state index < -0.39 is 15.3 Å². The molecule has 0 radical (unpaired) electrons. The van der Waals surface area contributed by atoms with Crippen molar-refractivity contribution in [2.24, 2.45) is 29.6 Å². The Balaban J connectivity index is 0.00000130. The van der Waals surface area contributed by atoms with Crippen LogP contribution in [0.25, 0.3) is 0 Å². The molecule has 1 aromatic heterocycles. The fourth-order valence-electron chi connectivity index (χ4n) is 6.44. The van der Waals surface area contributed by atoms with E-state index in [1.54, 1.807) is 12.4 Å². The van der Waals surface area contributed by atoms with Crippen LogP contribution < -0.4 is 4.90 Å². The topological polar surface area (TPSA) is 86.7 Å². The van der Waals surface area contributed by atoms with Crippen LogP contribution in [0.3, 0.4) is 0 Å². The number of aromatic nitrogens is 2. The summed E-state index contributed by atoms with van der Waals surface area (Å²) in [5.74, 6) is 1.58. The molecule has 2 saturated heterocycles. The number of hydrogen-bond acceptors (Lipinski definition) is 7. The van der Waals surface area contributed by atoms with Gasteiger partial charge in [0.25, 0.3) is 0 Å². The van der Waals surface area contributed by atoms with Crippen molar-refractivity contribution < 1.29 is 13.2 Å². The van der Waals surface area contributed by atoms with E-state index in [2.05, 4.69) is 31.9 Å². The number of carbonyl (C=O) groups is 1. The van der Waals surface area contributed by atoms with E-state index in [4.69, 9.17) is 0 Å². The lowest BCUT2D eigenvalue weighted by Gasteiger charge is -2.37. The Kier molecular flexibility index (Phi) is 6.98. The molecule has 3 heterocycles. The maximum atomic E-state index is 13.2. The highest BCUT2D eigenvalue weighted by atomic mass is 35.5. The van der Waals surface area contributed by atoms with Gasteiger partial charge in [-0.2, -0.15) is 0 Å². The van der Waals surface area contributed by atoms with Crippen LogP contribution in [-0.2, 0) is 14.8 Å². The average molecular weight is 516 g/mol. The molecule has 6 aliphatic rings. The molecule has 2 aliphatic heterocycles. The second-order valence-corrected chi connectivity index (χ2v) is 11.6. The van der Waals surface area contributed by atoms with Gasteiger partial charge in [0.1, 0.15) is 0 Å². The number of nitrogens with zero attached hydrogens (tertiary/aromatic N) is 5. The van der Waals surface area contributed by atoms with E-state index in [9.17, 15) is 13.2 Å². The van der Waals surface area contributed by atoms with Crippen molar-refractivity contribution in [3.05, 3.63) is 30.6 Å². The van der Waals surface area contributed by atoms with Crippen LogP contribution in [0, 0.1) is 29.6 Å². The summed E-state index contributed by atoms with van der Waals surface area (Å²) in [6, 6.07) is 1.82. The second kappa shape index (κ2) is 9.32. The molecular weight excluding hydrogens is 485 g/mol. The van der Waals surface area contributed by atoms with Crippen molar-refractivity contribution in [1.82, 2.24) is 19.2 Å². The third kappa shape index (κ3) is 4.05. The fraction of sp³-hybridized carbons (Fsp3) is 0.682. The van der Waals surface area contributed by atoms with Crippen LogP contribution in [0.1, 0.15) is 19.3 Å². The predicted octanol–water partition coefficient (Wildman–Crippen LogP) is 1.83. The highest BCUT2D eigenvalue weighted by molar-refractivity contribution is 7.90. The number of rotatable bonds is 6. The Morgan fingerprint density at radius 2 is 1.55 bits per heavy atom. The van der Waals surface area contributed by atoms with Gasteiger partial charge in [0.2, 0.25) is 21.9 Å². The minimum atomic E-state index is -3.52. The maximum absolute atomic E-state index is 13.2. The minimum absolute atomic E-state index is 0. The van der Waals surface area contributed by atoms with Crippen molar-refractivity contribution in [3.8, 4) is 0 Å². The minimum Gasteiger partial charge on any atom is -0.338 e. The van der Waals surface area contributed by atoms with Gasteiger partial charge < -0.3 is 4.90 Å². The lowest BCUT2D eigenvalue weighted by Crippen LogP contribution is -2.47. The van der Waals surface area contributed by atoms with Crippen molar-refractivity contribution >= 4 is 46.7 Å². The molecule has 8 nitrogen and oxygen atoms in total. The van der Waals surface area contributed by atoms with Crippen molar-refractivity contribution in [1.29, 1.82) is 0 Å². The SMILES string of the molecule is Cl.Cl.O=C1C2C3C=CC(C4CC34)C2S(=O)(=O)N1CCCCN1CCN(c2ncccn2)CC1. The van der Waals surface area contributed by atoms with E-state index in [1.807, 2.05) is 6.07 Å². The van der Waals surface area contributed by atoms with Gasteiger partial charge in [0.05, 0.1) is 11.2 Å². The molecule has 0 spiro atoms. The Labute approximate surface area is 207 Å². The first-order valence-corrected chi connectivity index (χ1v) is 13.0. The van der Waals surface area contributed by atoms with E-state index in [1.165, 1.54) is 4.31 Å². The molecule has 0 N–H and O–H groups in total. The lowest BCUT2D eigenvalue weighted by atomic mass is 9.68. The molecule has 4 fully saturated rings. The first-order valence-electron chi connectivity index (χ1n) is 11.5. The first-order chi connectivity index (χ1) is 15.1. The number of anilines is 1. The molecule has 2 bridgehead atoms. The van der Waals surface area contributed by atoms with Crippen molar-refractivity contribution in [2.75, 3.05) is 44.2 Å². The standard InChI is InChI=1S/C22H29N5O3S.2ClH/c28-21-19-15-4-5-16(18-14-17(15)18)20(19)31(29,30)27(21)9-2-1-8-25-10-12-26(13-11-25)22-23-6-3-7-24-22;;/h3-7,15-20H,1-2,8-14H2;2*1H. The number of amides is 1. The Morgan fingerprint density at radius 3 is 2.27 bits per heavy atom. The Bertz CT molecular complexity index is 1000. The maximum Gasteiger partial charge on any atom is 0.241 e. The molecule has 0 aromatic carbocycles. The number of carbonyl (C=O) groups excluding carboxylic acids is 1. The van der Waals surface area contributed by atoms with Gasteiger partial charge in [-0.25, -0.2) is 22.7 Å². The van der Waals surface area contributed by atoms with Crippen LogP contribution >= 0.6 is 24.8 Å². The molecular formula is C22H31Cl2N5O3S. The zero-order chi connectivity index (χ0) is 21.2. The van der Waals surface area contributed by atoms with Crippen LogP contribution in [0.15, 0.2) is 30.6 Å². The average Bonchev–Trinajstić information content (AvgIpc) is 3.59. The molecule has 33 heavy (non-hydrogen) atoms. The van der Waals surface area contributed by atoms with Gasteiger partial charge >= 0.3 is 0 Å². The molecule has 2 saturated carbocycles. The lowest BCUT2D eigenvalue weighted by molar-refractivity contribution is -0.131. The summed E-state index contributed by atoms with van der Waals surface area (Å²) in [6.07, 6.45) is 10.5. The van der Waals surface area contributed by atoms with E-state index in [0.29, 0.717) is 18.4 Å². The quantitative estimate of drug-likeness (QED) is 0.421. The summed E-state index contributed by atoms with van der Waals surface area (Å²) < 4.78 is 27.6. The van der Waals surface area contributed by atoms with Gasteiger partial charge in [0.15, 0.2) is 0 Å². The zero-order valence-corrected chi connectivity index (χ0v) is 20.8. The Morgan fingerprint density at radius 1 is 0.909 bits per heavy atom. The van der Waals surface area contributed by atoms with Crippen molar-refractivity contribution in [3.63, 3.8) is 0 Å². The fourth-order valence-corrected chi connectivity index (χ4v) is 8.85.